The molecule has 1 saturated heterocycles. The van der Waals surface area contributed by atoms with Crippen molar-refractivity contribution in [3.05, 3.63) is 65.2 Å². The van der Waals surface area contributed by atoms with Crippen LogP contribution in [0.5, 0.6) is 0 Å². The van der Waals surface area contributed by atoms with Crippen molar-refractivity contribution in [1.29, 1.82) is 0 Å². The van der Waals surface area contributed by atoms with Gasteiger partial charge in [0, 0.05) is 32.1 Å². The van der Waals surface area contributed by atoms with Crippen molar-refractivity contribution in [1.82, 2.24) is 4.90 Å². The van der Waals surface area contributed by atoms with E-state index in [4.69, 9.17) is 0 Å². The molecular formula is C20H24N2O2. The molecule has 0 saturated carbocycles. The Morgan fingerprint density at radius 2 is 1.67 bits per heavy atom. The maximum absolute atomic E-state index is 11.8. The minimum Gasteiger partial charge on any atom is -0.478 e. The number of hydrogen-bond acceptors (Lipinski definition) is 3. The van der Waals surface area contributed by atoms with E-state index in [1.54, 1.807) is 6.07 Å². The third kappa shape index (κ3) is 3.29. The van der Waals surface area contributed by atoms with Crippen LogP contribution in [0, 0.1) is 0 Å². The lowest BCUT2D eigenvalue weighted by Crippen LogP contribution is -2.45. The van der Waals surface area contributed by atoms with Gasteiger partial charge in [-0.05, 0) is 24.2 Å². The summed E-state index contributed by atoms with van der Waals surface area (Å²) in [6, 6.07) is 15.9. The highest BCUT2D eigenvalue weighted by Crippen LogP contribution is 2.35. The molecule has 2 aromatic carbocycles. The number of hydrogen-bond donors (Lipinski definition) is 1. The molecule has 1 atom stereocenters. The lowest BCUT2D eigenvalue weighted by Gasteiger charge is -2.36. The number of rotatable bonds is 4. The molecule has 0 amide bonds. The zero-order valence-electron chi connectivity index (χ0n) is 14.3. The Kier molecular flexibility index (Phi) is 4.86. The largest absolute Gasteiger partial charge is 0.478 e. The molecule has 1 aliphatic rings. The molecule has 0 spiro atoms. The van der Waals surface area contributed by atoms with Crippen LogP contribution in [-0.4, -0.2) is 49.2 Å². The Morgan fingerprint density at radius 1 is 1.00 bits per heavy atom. The first-order chi connectivity index (χ1) is 11.6. The van der Waals surface area contributed by atoms with Crippen LogP contribution in [0.15, 0.2) is 48.5 Å². The maximum Gasteiger partial charge on any atom is 0.337 e. The average molecular weight is 324 g/mol. The number of benzene rings is 2. The topological polar surface area (TPSA) is 43.8 Å². The Balaban J connectivity index is 2.05. The Morgan fingerprint density at radius 3 is 2.29 bits per heavy atom. The summed E-state index contributed by atoms with van der Waals surface area (Å²) in [6.07, 6.45) is 0. The molecule has 0 aliphatic carbocycles. The monoisotopic (exact) mass is 324 g/mol. The summed E-state index contributed by atoms with van der Waals surface area (Å²) in [4.78, 5) is 16.3. The van der Waals surface area contributed by atoms with Gasteiger partial charge in [0.05, 0.1) is 11.3 Å². The lowest BCUT2D eigenvalue weighted by molar-refractivity contribution is 0.0697. The van der Waals surface area contributed by atoms with Gasteiger partial charge in [0.1, 0.15) is 0 Å². The summed E-state index contributed by atoms with van der Waals surface area (Å²) in [5, 5.41) is 9.69. The Bertz CT molecular complexity index is 707. The molecule has 126 valence electrons. The van der Waals surface area contributed by atoms with Gasteiger partial charge in [0.15, 0.2) is 0 Å². The molecule has 3 rings (SSSR count). The molecule has 1 heterocycles. The fourth-order valence-electron chi connectivity index (χ4n) is 3.39. The van der Waals surface area contributed by atoms with Crippen LogP contribution < -0.4 is 4.90 Å². The van der Waals surface area contributed by atoms with Crippen molar-refractivity contribution in [2.45, 2.75) is 12.8 Å². The number of piperazine rings is 1. The molecule has 0 aromatic heterocycles. The fraction of sp³-hybridized carbons (Fsp3) is 0.350. The number of carbonyl (C=O) groups is 1. The number of carboxylic acid groups (broad SMARTS) is 1. The van der Waals surface area contributed by atoms with Gasteiger partial charge in [-0.3, -0.25) is 0 Å². The molecule has 24 heavy (non-hydrogen) atoms. The van der Waals surface area contributed by atoms with E-state index in [1.807, 2.05) is 24.3 Å². The summed E-state index contributed by atoms with van der Waals surface area (Å²) < 4.78 is 0. The maximum atomic E-state index is 11.8. The van der Waals surface area contributed by atoms with Crippen LogP contribution in [0.1, 0.15) is 34.3 Å². The van der Waals surface area contributed by atoms with Crippen LogP contribution in [0.2, 0.25) is 0 Å². The van der Waals surface area contributed by atoms with Gasteiger partial charge in [0.25, 0.3) is 0 Å². The van der Waals surface area contributed by atoms with Crippen LogP contribution in [-0.2, 0) is 0 Å². The van der Waals surface area contributed by atoms with Gasteiger partial charge >= 0.3 is 5.97 Å². The van der Waals surface area contributed by atoms with E-state index in [9.17, 15) is 9.90 Å². The molecule has 4 nitrogen and oxygen atoms in total. The van der Waals surface area contributed by atoms with Gasteiger partial charge in [0.2, 0.25) is 0 Å². The van der Waals surface area contributed by atoms with E-state index < -0.39 is 5.97 Å². The number of nitrogens with zero attached hydrogens (tertiary/aromatic N) is 2. The van der Waals surface area contributed by atoms with E-state index in [0.717, 1.165) is 37.4 Å². The molecule has 1 aliphatic heterocycles. The van der Waals surface area contributed by atoms with Gasteiger partial charge < -0.3 is 14.9 Å². The highest BCUT2D eigenvalue weighted by Gasteiger charge is 2.25. The molecule has 4 heteroatoms. The summed E-state index contributed by atoms with van der Waals surface area (Å²) in [5.74, 6) is -0.703. The van der Waals surface area contributed by atoms with Crippen molar-refractivity contribution >= 4 is 11.7 Å². The summed E-state index contributed by atoms with van der Waals surface area (Å²) in [7, 11) is 2.11. The summed E-state index contributed by atoms with van der Waals surface area (Å²) in [5.41, 5.74) is 3.58. The molecule has 0 radical (unpaired) electrons. The number of likely N-dealkylation sites (N-methyl/N-ethyl adjacent to an activating group) is 1. The second kappa shape index (κ2) is 7.05. The highest BCUT2D eigenvalue weighted by molar-refractivity contribution is 5.95. The number of anilines is 1. The standard InChI is InChI=1S/C20H24N2O2/c1-15(16-7-4-3-5-8-16)17-9-6-10-18(20(23)24)19(17)22-13-11-21(2)12-14-22/h3-10,15H,11-14H2,1-2H3,(H,23,24). The lowest BCUT2D eigenvalue weighted by atomic mass is 9.89. The third-order valence-corrected chi connectivity index (χ3v) is 4.88. The Labute approximate surface area is 143 Å². The van der Waals surface area contributed by atoms with E-state index in [2.05, 4.69) is 42.0 Å². The molecule has 1 fully saturated rings. The first-order valence-corrected chi connectivity index (χ1v) is 8.42. The number of para-hydroxylation sites is 1. The normalized spacial score (nSPS) is 16.8. The molecule has 2 aromatic rings. The van der Waals surface area contributed by atoms with E-state index >= 15 is 0 Å². The first-order valence-electron chi connectivity index (χ1n) is 8.42. The zero-order valence-corrected chi connectivity index (χ0v) is 14.3. The zero-order chi connectivity index (χ0) is 17.1. The average Bonchev–Trinajstić information content (AvgIpc) is 2.62. The minimum atomic E-state index is -0.856. The van der Waals surface area contributed by atoms with Crippen LogP contribution in [0.4, 0.5) is 5.69 Å². The summed E-state index contributed by atoms with van der Waals surface area (Å²) >= 11 is 0. The van der Waals surface area contributed by atoms with E-state index in [0.29, 0.717) is 5.56 Å². The molecule has 1 unspecified atom stereocenters. The number of carboxylic acids is 1. The predicted molar refractivity (Wildman–Crippen MR) is 97.1 cm³/mol. The van der Waals surface area contributed by atoms with Gasteiger partial charge in [-0.25, -0.2) is 4.79 Å². The van der Waals surface area contributed by atoms with Crippen molar-refractivity contribution in [2.24, 2.45) is 0 Å². The van der Waals surface area contributed by atoms with Crippen LogP contribution in [0.3, 0.4) is 0 Å². The van der Waals surface area contributed by atoms with E-state index in [1.165, 1.54) is 5.56 Å². The predicted octanol–water partition coefficient (Wildman–Crippen LogP) is 3.29. The van der Waals surface area contributed by atoms with Gasteiger partial charge in [-0.2, -0.15) is 0 Å². The van der Waals surface area contributed by atoms with Gasteiger partial charge in [-0.1, -0.05) is 49.4 Å². The third-order valence-electron chi connectivity index (χ3n) is 4.88. The second-order valence-corrected chi connectivity index (χ2v) is 6.47. The van der Waals surface area contributed by atoms with Gasteiger partial charge in [-0.15, -0.1) is 0 Å². The molecule has 0 bridgehead atoms. The van der Waals surface area contributed by atoms with Crippen LogP contribution >= 0.6 is 0 Å². The fourth-order valence-corrected chi connectivity index (χ4v) is 3.39. The number of aromatic carboxylic acids is 1. The summed E-state index contributed by atoms with van der Waals surface area (Å²) in [6.45, 7) is 5.76. The van der Waals surface area contributed by atoms with Crippen molar-refractivity contribution in [3.8, 4) is 0 Å². The SMILES string of the molecule is CC(c1ccccc1)c1cccc(C(=O)O)c1N1CCN(C)CC1. The Hall–Kier alpha value is -2.33. The molecule has 1 N–H and O–H groups in total. The quantitative estimate of drug-likeness (QED) is 0.937. The second-order valence-electron chi connectivity index (χ2n) is 6.47. The van der Waals surface area contributed by atoms with E-state index in [-0.39, 0.29) is 5.92 Å². The van der Waals surface area contributed by atoms with Crippen molar-refractivity contribution in [3.63, 3.8) is 0 Å². The first kappa shape index (κ1) is 16.5. The molecular weight excluding hydrogens is 300 g/mol. The van der Waals surface area contributed by atoms with Crippen LogP contribution in [0.25, 0.3) is 0 Å². The smallest absolute Gasteiger partial charge is 0.337 e. The minimum absolute atomic E-state index is 0.153. The van der Waals surface area contributed by atoms with Crippen molar-refractivity contribution < 1.29 is 9.90 Å². The van der Waals surface area contributed by atoms with Crippen molar-refractivity contribution in [2.75, 3.05) is 38.1 Å². The highest BCUT2D eigenvalue weighted by atomic mass is 16.4.